The van der Waals surface area contributed by atoms with E-state index in [2.05, 4.69) is 4.90 Å². The number of ether oxygens (including phenoxy) is 1. The van der Waals surface area contributed by atoms with Gasteiger partial charge in [-0.1, -0.05) is 5.57 Å². The fraction of sp³-hybridized carbons (Fsp3) is 0.875. The Labute approximate surface area is 132 Å². The van der Waals surface area contributed by atoms with Crippen LogP contribution in [0.1, 0.15) is 38.5 Å². The van der Waals surface area contributed by atoms with Crippen molar-refractivity contribution in [1.82, 2.24) is 4.90 Å². The number of halogens is 2. The largest absolute Gasteiger partial charge is 0.381 e. The molecule has 0 aromatic rings. The summed E-state index contributed by atoms with van der Waals surface area (Å²) in [6, 6.07) is 0. The average molecular weight is 318 g/mol. The molecule has 0 N–H and O–H groups in total. The average Bonchev–Trinajstić information content (AvgIpc) is 2.86. The monoisotopic (exact) mass is 317 g/mol. The van der Waals surface area contributed by atoms with Gasteiger partial charge in [-0.2, -0.15) is 0 Å². The summed E-state index contributed by atoms with van der Waals surface area (Å²) in [5.41, 5.74) is 3.25. The van der Waals surface area contributed by atoms with Crippen molar-refractivity contribution in [2.24, 2.45) is 5.92 Å². The van der Waals surface area contributed by atoms with Gasteiger partial charge in [0.2, 0.25) is 0 Å². The minimum Gasteiger partial charge on any atom is -0.381 e. The highest BCUT2D eigenvalue weighted by Crippen LogP contribution is 2.53. The van der Waals surface area contributed by atoms with Gasteiger partial charge in [0, 0.05) is 31.0 Å². The molecule has 20 heavy (non-hydrogen) atoms. The lowest BCUT2D eigenvalue weighted by Gasteiger charge is -2.52. The van der Waals surface area contributed by atoms with Crippen molar-refractivity contribution in [3.63, 3.8) is 0 Å². The number of hydrogen-bond acceptors (Lipinski definition) is 2. The molecule has 0 aromatic heterocycles. The van der Waals surface area contributed by atoms with Gasteiger partial charge in [0.25, 0.3) is 0 Å². The molecule has 114 valence electrons. The van der Waals surface area contributed by atoms with E-state index >= 15 is 0 Å². The third kappa shape index (κ3) is 2.24. The maximum Gasteiger partial charge on any atom is 0.0592 e. The quantitative estimate of drug-likeness (QED) is 0.577. The first-order chi connectivity index (χ1) is 9.76. The van der Waals surface area contributed by atoms with Gasteiger partial charge < -0.3 is 4.74 Å². The van der Waals surface area contributed by atoms with Gasteiger partial charge in [0.15, 0.2) is 0 Å². The Morgan fingerprint density at radius 2 is 2.10 bits per heavy atom. The van der Waals surface area contributed by atoms with Crippen molar-refractivity contribution in [2.45, 2.75) is 50.2 Å². The van der Waals surface area contributed by atoms with Crippen LogP contribution in [-0.2, 0) is 4.74 Å². The third-order valence-electron chi connectivity index (χ3n) is 5.84. The molecule has 3 atom stereocenters. The highest BCUT2D eigenvalue weighted by Gasteiger charge is 2.55. The molecule has 2 nitrogen and oxygen atoms in total. The Hall–Kier alpha value is 0.240. The fourth-order valence-corrected chi connectivity index (χ4v) is 5.44. The number of nitrogens with zero attached hydrogens (tertiary/aromatic N) is 1. The second-order valence-corrected chi connectivity index (χ2v) is 7.09. The smallest absolute Gasteiger partial charge is 0.0592 e. The lowest BCUT2D eigenvalue weighted by molar-refractivity contribution is -0.0135. The standard InChI is InChI=1S/C16H25Cl2NO/c1-20-14-3-2-13-6-9-19-8-5-12(11-18)15(4-7-17)16(13,19)10-14/h13-14H,2-11H2,1H3/t13-,14-,16+/m1/s1. The van der Waals surface area contributed by atoms with Crippen LogP contribution in [0.2, 0.25) is 0 Å². The zero-order chi connectivity index (χ0) is 14.2. The molecular formula is C16H25Cl2NO. The zero-order valence-corrected chi connectivity index (χ0v) is 13.8. The summed E-state index contributed by atoms with van der Waals surface area (Å²) in [5.74, 6) is 2.16. The molecule has 1 spiro atoms. The van der Waals surface area contributed by atoms with E-state index in [4.69, 9.17) is 27.9 Å². The van der Waals surface area contributed by atoms with Crippen molar-refractivity contribution in [2.75, 3.05) is 32.0 Å². The van der Waals surface area contributed by atoms with E-state index in [-0.39, 0.29) is 5.54 Å². The maximum atomic E-state index is 6.25. The summed E-state index contributed by atoms with van der Waals surface area (Å²) in [5, 5.41) is 0. The third-order valence-corrected chi connectivity index (χ3v) is 6.35. The van der Waals surface area contributed by atoms with E-state index in [0.717, 1.165) is 25.2 Å². The minimum absolute atomic E-state index is 0.219. The minimum atomic E-state index is 0.219. The molecule has 2 aliphatic heterocycles. The molecule has 2 fully saturated rings. The number of methoxy groups -OCH3 is 1. The van der Waals surface area contributed by atoms with Gasteiger partial charge in [0.05, 0.1) is 6.10 Å². The van der Waals surface area contributed by atoms with Crippen LogP contribution in [-0.4, -0.2) is 48.5 Å². The Bertz CT molecular complexity index is 398. The summed E-state index contributed by atoms with van der Waals surface area (Å²) >= 11 is 12.4. The first-order valence-electron chi connectivity index (χ1n) is 7.87. The predicted octanol–water partition coefficient (Wildman–Crippen LogP) is 3.81. The fourth-order valence-electron chi connectivity index (χ4n) is 4.96. The lowest BCUT2D eigenvalue weighted by Crippen LogP contribution is -2.57. The van der Waals surface area contributed by atoms with E-state index in [9.17, 15) is 0 Å². The van der Waals surface area contributed by atoms with Crippen LogP contribution in [0.15, 0.2) is 11.1 Å². The van der Waals surface area contributed by atoms with E-state index in [1.165, 1.54) is 37.9 Å². The number of alkyl halides is 2. The number of hydrogen-bond donors (Lipinski definition) is 0. The normalized spacial score (nSPS) is 38.0. The molecule has 0 bridgehead atoms. The topological polar surface area (TPSA) is 12.5 Å². The van der Waals surface area contributed by atoms with Gasteiger partial charge in [0.1, 0.15) is 0 Å². The molecule has 0 unspecified atom stereocenters. The van der Waals surface area contributed by atoms with Crippen LogP contribution >= 0.6 is 23.2 Å². The Balaban J connectivity index is 2.02. The molecule has 0 amide bonds. The highest BCUT2D eigenvalue weighted by molar-refractivity contribution is 6.19. The molecular weight excluding hydrogens is 293 g/mol. The SMILES string of the molecule is CO[C@@H]1CC[C@@H]2CCN3CCC(CCl)=C(CCCl)[C@]23C1. The molecule has 3 aliphatic rings. The first kappa shape index (κ1) is 15.1. The van der Waals surface area contributed by atoms with Gasteiger partial charge in [-0.15, -0.1) is 23.2 Å². The zero-order valence-electron chi connectivity index (χ0n) is 12.3. The van der Waals surface area contributed by atoms with Crippen LogP contribution < -0.4 is 0 Å². The van der Waals surface area contributed by atoms with Crippen molar-refractivity contribution in [3.8, 4) is 0 Å². The van der Waals surface area contributed by atoms with E-state index in [1.54, 1.807) is 5.57 Å². The highest BCUT2D eigenvalue weighted by atomic mass is 35.5. The van der Waals surface area contributed by atoms with Crippen molar-refractivity contribution < 1.29 is 4.74 Å². The lowest BCUT2D eigenvalue weighted by atomic mass is 9.65. The van der Waals surface area contributed by atoms with Crippen LogP contribution in [0.3, 0.4) is 0 Å². The molecule has 1 saturated carbocycles. The van der Waals surface area contributed by atoms with Gasteiger partial charge >= 0.3 is 0 Å². The van der Waals surface area contributed by atoms with Gasteiger partial charge in [-0.3, -0.25) is 4.90 Å². The summed E-state index contributed by atoms with van der Waals surface area (Å²) in [6.45, 7) is 2.41. The van der Waals surface area contributed by atoms with Crippen molar-refractivity contribution >= 4 is 23.2 Å². The van der Waals surface area contributed by atoms with Crippen molar-refractivity contribution in [3.05, 3.63) is 11.1 Å². The second-order valence-electron chi connectivity index (χ2n) is 6.44. The van der Waals surface area contributed by atoms with E-state index in [1.807, 2.05) is 7.11 Å². The molecule has 2 heterocycles. The second kappa shape index (κ2) is 6.16. The summed E-state index contributed by atoms with van der Waals surface area (Å²) in [7, 11) is 1.86. The van der Waals surface area contributed by atoms with E-state index in [0.29, 0.717) is 17.9 Å². The molecule has 3 rings (SSSR count). The summed E-state index contributed by atoms with van der Waals surface area (Å²) < 4.78 is 5.72. The van der Waals surface area contributed by atoms with Crippen LogP contribution in [0.25, 0.3) is 0 Å². The van der Waals surface area contributed by atoms with Gasteiger partial charge in [-0.05, 0) is 56.6 Å². The summed E-state index contributed by atoms with van der Waals surface area (Å²) in [4.78, 5) is 2.72. The van der Waals surface area contributed by atoms with Crippen molar-refractivity contribution in [1.29, 1.82) is 0 Å². The molecule has 4 heteroatoms. The molecule has 0 radical (unpaired) electrons. The van der Waals surface area contributed by atoms with Crippen LogP contribution in [0.4, 0.5) is 0 Å². The van der Waals surface area contributed by atoms with Crippen LogP contribution in [0.5, 0.6) is 0 Å². The Kier molecular flexibility index (Phi) is 4.66. The summed E-state index contributed by atoms with van der Waals surface area (Å²) in [6.07, 6.45) is 7.48. The maximum absolute atomic E-state index is 6.25. The first-order valence-corrected chi connectivity index (χ1v) is 8.94. The Morgan fingerprint density at radius 1 is 1.25 bits per heavy atom. The Morgan fingerprint density at radius 3 is 2.80 bits per heavy atom. The molecule has 1 saturated heterocycles. The molecule has 0 aromatic carbocycles. The predicted molar refractivity (Wildman–Crippen MR) is 84.8 cm³/mol. The van der Waals surface area contributed by atoms with Gasteiger partial charge in [-0.25, -0.2) is 0 Å². The molecule has 1 aliphatic carbocycles. The van der Waals surface area contributed by atoms with Crippen LogP contribution in [0, 0.1) is 5.92 Å². The number of rotatable bonds is 4. The van der Waals surface area contributed by atoms with E-state index < -0.39 is 0 Å².